The third-order valence-electron chi connectivity index (χ3n) is 5.40. The smallest absolute Gasteiger partial charge is 0.282 e. The molecule has 1 amide bonds. The summed E-state index contributed by atoms with van der Waals surface area (Å²) < 4.78 is 39.1. The molecule has 2 aliphatic heterocycles. The fourth-order valence-electron chi connectivity index (χ4n) is 3.91. The third-order valence-corrected chi connectivity index (χ3v) is 7.33. The summed E-state index contributed by atoms with van der Waals surface area (Å²) in [7, 11) is -3.71. The molecule has 1 saturated heterocycles. The monoisotopic (exact) mass is 431 g/mol. The summed E-state index contributed by atoms with van der Waals surface area (Å²) in [5.74, 6) is 0.769. The lowest BCUT2D eigenvalue weighted by Crippen LogP contribution is -2.38. The van der Waals surface area contributed by atoms with Gasteiger partial charge in [-0.3, -0.25) is 4.79 Å². The molecule has 0 saturated carbocycles. The van der Waals surface area contributed by atoms with Crippen LogP contribution in [0.25, 0.3) is 0 Å². The molecule has 1 fully saturated rings. The maximum absolute atomic E-state index is 13.0. The van der Waals surface area contributed by atoms with E-state index in [2.05, 4.69) is 17.4 Å². The van der Waals surface area contributed by atoms with Gasteiger partial charge in [0.25, 0.3) is 10.2 Å². The summed E-state index contributed by atoms with van der Waals surface area (Å²) >= 11 is 0. The predicted octanol–water partition coefficient (Wildman–Crippen LogP) is 2.34. The average Bonchev–Trinajstić information content (AvgIpc) is 3.23. The van der Waals surface area contributed by atoms with E-state index in [0.717, 1.165) is 22.3 Å². The second kappa shape index (κ2) is 7.90. The van der Waals surface area contributed by atoms with Crippen LogP contribution in [0.3, 0.4) is 0 Å². The van der Waals surface area contributed by atoms with Crippen molar-refractivity contribution in [1.82, 2.24) is 8.61 Å². The van der Waals surface area contributed by atoms with E-state index in [-0.39, 0.29) is 19.9 Å². The lowest BCUT2D eigenvalue weighted by atomic mass is 10.00. The number of nitrogens with zero attached hydrogens (tertiary/aromatic N) is 2. The number of carbonyl (C=O) groups is 1. The molecule has 4 rings (SSSR count). The Morgan fingerprint density at radius 2 is 1.67 bits per heavy atom. The van der Waals surface area contributed by atoms with Gasteiger partial charge in [0.05, 0.1) is 6.54 Å². The zero-order chi connectivity index (χ0) is 21.5. The lowest BCUT2D eigenvalue weighted by molar-refractivity contribution is -0.116. The number of nitrogens with one attached hydrogen (secondary N) is 1. The predicted molar refractivity (Wildman–Crippen MR) is 113 cm³/mol. The minimum absolute atomic E-state index is 0.147. The molecule has 0 aliphatic carbocycles. The molecule has 30 heavy (non-hydrogen) atoms. The van der Waals surface area contributed by atoms with E-state index in [1.54, 1.807) is 18.2 Å². The van der Waals surface area contributed by atoms with Gasteiger partial charge < -0.3 is 14.8 Å². The fraction of sp³-hybridized carbons (Fsp3) is 0.381. The Bertz CT molecular complexity index is 1080. The first-order chi connectivity index (χ1) is 14.2. The normalized spacial score (nSPS) is 18.0. The number of ether oxygens (including phenoxy) is 2. The van der Waals surface area contributed by atoms with Crippen molar-refractivity contribution in [3.8, 4) is 11.5 Å². The highest BCUT2D eigenvalue weighted by atomic mass is 32.2. The molecule has 0 unspecified atom stereocenters. The highest BCUT2D eigenvalue weighted by Gasteiger charge is 2.37. The molecule has 9 heteroatoms. The van der Waals surface area contributed by atoms with Gasteiger partial charge in [0.1, 0.15) is 0 Å². The lowest BCUT2D eigenvalue weighted by Gasteiger charge is -2.20. The summed E-state index contributed by atoms with van der Waals surface area (Å²) in [5.41, 5.74) is 4.84. The topological polar surface area (TPSA) is 88.2 Å². The summed E-state index contributed by atoms with van der Waals surface area (Å²) in [4.78, 5) is 12.5. The van der Waals surface area contributed by atoms with Crippen LogP contribution in [0.2, 0.25) is 0 Å². The number of hydrogen-bond acceptors (Lipinski definition) is 5. The summed E-state index contributed by atoms with van der Waals surface area (Å²) in [6.45, 7) is 6.86. The Morgan fingerprint density at radius 1 is 1.00 bits per heavy atom. The van der Waals surface area contributed by atoms with Crippen LogP contribution in [-0.2, 0) is 21.5 Å². The highest BCUT2D eigenvalue weighted by Crippen LogP contribution is 2.34. The number of aryl methyl sites for hydroxylation is 3. The van der Waals surface area contributed by atoms with Crippen LogP contribution in [0.1, 0.15) is 22.3 Å². The average molecular weight is 432 g/mol. The standard InChI is InChI=1S/C21H25N3O5S/c1-14-8-15(2)18(16(3)9-14)11-23-6-7-24(30(23,26)27)12-21(25)22-17-4-5-19-20(10-17)29-13-28-19/h4-5,8-10H,6-7,11-13H2,1-3H3,(H,22,25). The third kappa shape index (κ3) is 4.00. The van der Waals surface area contributed by atoms with Crippen molar-refractivity contribution in [2.24, 2.45) is 0 Å². The molecule has 0 bridgehead atoms. The number of rotatable bonds is 5. The van der Waals surface area contributed by atoms with Crippen LogP contribution < -0.4 is 14.8 Å². The fourth-order valence-corrected chi connectivity index (χ4v) is 5.43. The van der Waals surface area contributed by atoms with Crippen LogP contribution in [0, 0.1) is 20.8 Å². The van der Waals surface area contributed by atoms with E-state index in [9.17, 15) is 13.2 Å². The summed E-state index contributed by atoms with van der Waals surface area (Å²) in [6.07, 6.45) is 0. The molecule has 0 aromatic heterocycles. The van der Waals surface area contributed by atoms with Crippen molar-refractivity contribution in [3.63, 3.8) is 0 Å². The summed E-state index contributed by atoms with van der Waals surface area (Å²) in [6, 6.07) is 9.18. The van der Waals surface area contributed by atoms with Crippen molar-refractivity contribution in [1.29, 1.82) is 0 Å². The minimum Gasteiger partial charge on any atom is -0.454 e. The van der Waals surface area contributed by atoms with Gasteiger partial charge in [-0.05, 0) is 49.6 Å². The first-order valence-corrected chi connectivity index (χ1v) is 11.1. The van der Waals surface area contributed by atoms with E-state index >= 15 is 0 Å². The van der Waals surface area contributed by atoms with Crippen molar-refractivity contribution >= 4 is 21.8 Å². The zero-order valence-electron chi connectivity index (χ0n) is 17.3. The number of fused-ring (bicyclic) bond motifs is 1. The Kier molecular flexibility index (Phi) is 5.44. The largest absolute Gasteiger partial charge is 0.454 e. The van der Waals surface area contributed by atoms with E-state index in [0.29, 0.717) is 30.3 Å². The van der Waals surface area contributed by atoms with Gasteiger partial charge in [0.2, 0.25) is 12.7 Å². The van der Waals surface area contributed by atoms with Gasteiger partial charge in [-0.15, -0.1) is 0 Å². The first-order valence-electron chi connectivity index (χ1n) is 9.75. The van der Waals surface area contributed by atoms with Crippen molar-refractivity contribution in [3.05, 3.63) is 52.6 Å². The van der Waals surface area contributed by atoms with Gasteiger partial charge in [0, 0.05) is 31.4 Å². The number of benzene rings is 2. The quantitative estimate of drug-likeness (QED) is 0.785. The Morgan fingerprint density at radius 3 is 2.40 bits per heavy atom. The second-order valence-electron chi connectivity index (χ2n) is 7.67. The maximum atomic E-state index is 13.0. The number of amides is 1. The van der Waals surface area contributed by atoms with Gasteiger partial charge >= 0.3 is 0 Å². The Labute approximate surface area is 176 Å². The van der Waals surface area contributed by atoms with Crippen LogP contribution >= 0.6 is 0 Å². The Balaban J connectivity index is 1.42. The zero-order valence-corrected chi connectivity index (χ0v) is 18.1. The highest BCUT2D eigenvalue weighted by molar-refractivity contribution is 7.87. The molecule has 160 valence electrons. The molecular formula is C21H25N3O5S. The second-order valence-corrected chi connectivity index (χ2v) is 9.60. The van der Waals surface area contributed by atoms with E-state index in [4.69, 9.17) is 9.47 Å². The van der Waals surface area contributed by atoms with Gasteiger partial charge in [-0.1, -0.05) is 17.7 Å². The summed E-state index contributed by atoms with van der Waals surface area (Å²) in [5, 5.41) is 2.73. The molecule has 0 radical (unpaired) electrons. The molecular weight excluding hydrogens is 406 g/mol. The molecule has 1 N–H and O–H groups in total. The maximum Gasteiger partial charge on any atom is 0.282 e. The molecule has 8 nitrogen and oxygen atoms in total. The first kappa shape index (κ1) is 20.6. The molecule has 0 atom stereocenters. The van der Waals surface area contributed by atoms with E-state index in [1.807, 2.05) is 20.8 Å². The van der Waals surface area contributed by atoms with Gasteiger partial charge in [0.15, 0.2) is 11.5 Å². The van der Waals surface area contributed by atoms with E-state index in [1.165, 1.54) is 8.61 Å². The van der Waals surface area contributed by atoms with Gasteiger partial charge in [-0.2, -0.15) is 17.0 Å². The molecule has 2 aliphatic rings. The number of hydrogen-bond donors (Lipinski definition) is 1. The number of carbonyl (C=O) groups excluding carboxylic acids is 1. The van der Waals surface area contributed by atoms with Crippen molar-refractivity contribution < 1.29 is 22.7 Å². The minimum atomic E-state index is -3.71. The SMILES string of the molecule is Cc1cc(C)c(CN2CCN(CC(=O)Nc3ccc4c(c3)OCO4)S2(=O)=O)c(C)c1. The molecule has 2 aromatic carbocycles. The number of anilines is 1. The van der Waals surface area contributed by atoms with Crippen LogP contribution in [0.4, 0.5) is 5.69 Å². The molecule has 2 heterocycles. The van der Waals surface area contributed by atoms with E-state index < -0.39 is 16.1 Å². The Hall–Kier alpha value is -2.62. The van der Waals surface area contributed by atoms with Gasteiger partial charge in [-0.25, -0.2) is 0 Å². The van der Waals surface area contributed by atoms with Crippen LogP contribution in [0.5, 0.6) is 11.5 Å². The van der Waals surface area contributed by atoms with Crippen LogP contribution in [0.15, 0.2) is 30.3 Å². The van der Waals surface area contributed by atoms with Crippen molar-refractivity contribution in [2.45, 2.75) is 27.3 Å². The molecule has 0 spiro atoms. The van der Waals surface area contributed by atoms with Crippen LogP contribution in [-0.4, -0.2) is 49.4 Å². The molecule has 2 aromatic rings. The van der Waals surface area contributed by atoms with Crippen molar-refractivity contribution in [2.75, 3.05) is 31.7 Å².